The van der Waals surface area contributed by atoms with E-state index in [0.29, 0.717) is 23.8 Å². The van der Waals surface area contributed by atoms with Gasteiger partial charge in [-0.25, -0.2) is 0 Å². The van der Waals surface area contributed by atoms with E-state index in [-0.39, 0.29) is 17.9 Å². The second kappa shape index (κ2) is 6.78. The number of para-hydroxylation sites is 1. The number of ether oxygens (including phenoxy) is 1. The molecule has 1 aromatic carbocycles. The van der Waals surface area contributed by atoms with Crippen LogP contribution in [0.25, 0.3) is 6.08 Å². The third kappa shape index (κ3) is 3.03. The van der Waals surface area contributed by atoms with Gasteiger partial charge < -0.3 is 14.2 Å². The second-order valence-electron chi connectivity index (χ2n) is 6.86. The summed E-state index contributed by atoms with van der Waals surface area (Å²) in [5.74, 6) is 2.08. The van der Waals surface area contributed by atoms with Crippen molar-refractivity contribution in [1.82, 2.24) is 15.0 Å². The van der Waals surface area contributed by atoms with Crippen molar-refractivity contribution in [3.63, 3.8) is 0 Å². The maximum absolute atomic E-state index is 13.1. The molecule has 1 saturated heterocycles. The third-order valence-corrected chi connectivity index (χ3v) is 4.69. The Hall–Kier alpha value is -2.89. The molecule has 0 aliphatic carbocycles. The lowest BCUT2D eigenvalue weighted by Crippen LogP contribution is -2.31. The average molecular weight is 351 g/mol. The molecule has 4 rings (SSSR count). The molecule has 0 unspecified atom stereocenters. The Kier molecular flexibility index (Phi) is 4.32. The molecule has 0 N–H and O–H groups in total. The van der Waals surface area contributed by atoms with Crippen molar-refractivity contribution in [3.8, 4) is 5.75 Å². The first kappa shape index (κ1) is 16.6. The maximum Gasteiger partial charge on any atom is 0.254 e. The Labute approximate surface area is 152 Å². The van der Waals surface area contributed by atoms with Crippen LogP contribution in [0.15, 0.2) is 46.7 Å². The fourth-order valence-corrected chi connectivity index (χ4v) is 3.29. The van der Waals surface area contributed by atoms with Gasteiger partial charge in [-0.05, 0) is 31.1 Å². The summed E-state index contributed by atoms with van der Waals surface area (Å²) in [7, 11) is 0. The molecule has 6 nitrogen and oxygen atoms in total. The van der Waals surface area contributed by atoms with Crippen LogP contribution in [-0.2, 0) is 4.79 Å². The molecule has 134 valence electrons. The Morgan fingerprint density at radius 1 is 1.31 bits per heavy atom. The van der Waals surface area contributed by atoms with E-state index in [2.05, 4.69) is 10.1 Å². The van der Waals surface area contributed by atoms with Crippen LogP contribution in [0.4, 0.5) is 0 Å². The van der Waals surface area contributed by atoms with Gasteiger partial charge in [0.05, 0.1) is 6.26 Å². The molecule has 1 atom stereocenters. The maximum atomic E-state index is 13.1. The van der Waals surface area contributed by atoms with Gasteiger partial charge in [-0.15, -0.1) is 0 Å². The number of amides is 1. The number of nitrogens with zero attached hydrogens (tertiary/aromatic N) is 3. The summed E-state index contributed by atoms with van der Waals surface area (Å²) in [5, 5.41) is 4.04. The predicted octanol–water partition coefficient (Wildman–Crippen LogP) is 3.85. The Morgan fingerprint density at radius 2 is 2.15 bits per heavy atom. The van der Waals surface area contributed by atoms with Crippen LogP contribution >= 0.6 is 0 Å². The van der Waals surface area contributed by atoms with Gasteiger partial charge in [-0.2, -0.15) is 4.98 Å². The Bertz CT molecular complexity index is 882. The first-order valence-electron chi connectivity index (χ1n) is 8.92. The van der Waals surface area contributed by atoms with Crippen LogP contribution in [0.2, 0.25) is 0 Å². The summed E-state index contributed by atoms with van der Waals surface area (Å²) >= 11 is 0. The molecular formula is C20H21N3O3. The van der Waals surface area contributed by atoms with Crippen LogP contribution in [0.3, 0.4) is 0 Å². The molecule has 0 spiro atoms. The van der Waals surface area contributed by atoms with Crippen molar-refractivity contribution in [2.45, 2.75) is 38.6 Å². The molecule has 1 amide bonds. The largest absolute Gasteiger partial charge is 0.464 e. The number of hydrogen-bond acceptors (Lipinski definition) is 5. The van der Waals surface area contributed by atoms with Crippen molar-refractivity contribution in [2.24, 2.45) is 0 Å². The zero-order valence-corrected chi connectivity index (χ0v) is 14.9. The zero-order chi connectivity index (χ0) is 18.1. The number of benzene rings is 1. The topological polar surface area (TPSA) is 68.5 Å². The lowest BCUT2D eigenvalue weighted by molar-refractivity contribution is -0.128. The van der Waals surface area contributed by atoms with E-state index in [1.165, 1.54) is 0 Å². The normalized spacial score (nSPS) is 19.1. The van der Waals surface area contributed by atoms with E-state index < -0.39 is 0 Å². The molecule has 0 saturated carbocycles. The first-order valence-corrected chi connectivity index (χ1v) is 8.92. The quantitative estimate of drug-likeness (QED) is 0.840. The van der Waals surface area contributed by atoms with Crippen LogP contribution in [-0.4, -0.2) is 27.5 Å². The average Bonchev–Trinajstić information content (AvgIpc) is 3.25. The molecule has 3 heterocycles. The summed E-state index contributed by atoms with van der Waals surface area (Å²) in [4.78, 5) is 19.5. The highest BCUT2D eigenvalue weighted by atomic mass is 16.5. The molecule has 0 radical (unpaired) electrons. The second-order valence-corrected chi connectivity index (χ2v) is 6.86. The molecule has 6 heteroatoms. The fraction of sp³-hybridized carbons (Fsp3) is 0.350. The van der Waals surface area contributed by atoms with Gasteiger partial charge >= 0.3 is 0 Å². The van der Waals surface area contributed by atoms with Gasteiger partial charge in [0.25, 0.3) is 5.91 Å². The number of rotatable bonds is 3. The number of carbonyl (C=O) groups is 1. The van der Waals surface area contributed by atoms with E-state index in [9.17, 15) is 4.79 Å². The molecule has 2 aromatic rings. The van der Waals surface area contributed by atoms with E-state index >= 15 is 0 Å². The summed E-state index contributed by atoms with van der Waals surface area (Å²) in [6, 6.07) is 7.48. The van der Waals surface area contributed by atoms with Gasteiger partial charge in [0.2, 0.25) is 5.89 Å². The molecule has 1 fully saturated rings. The van der Waals surface area contributed by atoms with Crippen molar-refractivity contribution < 1.29 is 14.1 Å². The van der Waals surface area contributed by atoms with E-state index in [0.717, 1.165) is 24.2 Å². The van der Waals surface area contributed by atoms with E-state index in [1.807, 2.05) is 49.1 Å². The summed E-state index contributed by atoms with van der Waals surface area (Å²) in [6.07, 6.45) is 6.88. The predicted molar refractivity (Wildman–Crippen MR) is 96.3 cm³/mol. The highest BCUT2D eigenvalue weighted by molar-refractivity contribution is 6.01. The number of likely N-dealkylation sites (tertiary alicyclic amines) is 1. The molecule has 1 aromatic heterocycles. The summed E-state index contributed by atoms with van der Waals surface area (Å²) < 4.78 is 11.0. The SMILES string of the molecule is CC(C)c1noc([C@H]2CCCN2C(=O)C2=Cc3ccccc3OC=C2)n1. The highest BCUT2D eigenvalue weighted by Crippen LogP contribution is 2.34. The number of hydrogen-bond donors (Lipinski definition) is 0. The van der Waals surface area contributed by atoms with Crippen molar-refractivity contribution in [2.75, 3.05) is 6.54 Å². The van der Waals surface area contributed by atoms with Crippen molar-refractivity contribution in [3.05, 3.63) is 59.5 Å². The standard InChI is InChI=1S/C20H21N3O3/c1-13(2)18-21-19(26-22-18)16-7-5-10-23(16)20(24)15-9-11-25-17-8-4-3-6-14(17)12-15/h3-4,6,8-9,11-13,16H,5,7,10H2,1-2H3/t16-/m1/s1. The van der Waals surface area contributed by atoms with E-state index in [1.54, 1.807) is 12.3 Å². The molecule has 0 bridgehead atoms. The minimum Gasteiger partial charge on any atom is -0.464 e. The monoisotopic (exact) mass is 351 g/mol. The molecule has 26 heavy (non-hydrogen) atoms. The smallest absolute Gasteiger partial charge is 0.254 e. The molecule has 2 aliphatic heterocycles. The number of aromatic nitrogens is 2. The van der Waals surface area contributed by atoms with Crippen LogP contribution < -0.4 is 4.74 Å². The van der Waals surface area contributed by atoms with Crippen LogP contribution in [0.5, 0.6) is 5.75 Å². The van der Waals surface area contributed by atoms with Gasteiger partial charge in [-0.3, -0.25) is 4.79 Å². The minimum atomic E-state index is -0.170. The highest BCUT2D eigenvalue weighted by Gasteiger charge is 2.35. The Balaban J connectivity index is 1.61. The third-order valence-electron chi connectivity index (χ3n) is 4.69. The fourth-order valence-electron chi connectivity index (χ4n) is 3.29. The number of carbonyl (C=O) groups excluding carboxylic acids is 1. The summed E-state index contributed by atoms with van der Waals surface area (Å²) in [6.45, 7) is 4.71. The van der Waals surface area contributed by atoms with Crippen molar-refractivity contribution in [1.29, 1.82) is 0 Å². The number of fused-ring (bicyclic) bond motifs is 1. The summed E-state index contributed by atoms with van der Waals surface area (Å²) in [5.41, 5.74) is 1.47. The van der Waals surface area contributed by atoms with Gasteiger partial charge in [0, 0.05) is 23.6 Å². The first-order chi connectivity index (χ1) is 12.6. The van der Waals surface area contributed by atoms with Crippen LogP contribution in [0.1, 0.15) is 55.9 Å². The van der Waals surface area contributed by atoms with E-state index in [4.69, 9.17) is 9.26 Å². The zero-order valence-electron chi connectivity index (χ0n) is 14.9. The lowest BCUT2D eigenvalue weighted by atomic mass is 10.1. The molecular weight excluding hydrogens is 330 g/mol. The van der Waals surface area contributed by atoms with Gasteiger partial charge in [0.1, 0.15) is 11.8 Å². The van der Waals surface area contributed by atoms with Gasteiger partial charge in [0.15, 0.2) is 5.82 Å². The van der Waals surface area contributed by atoms with Gasteiger partial charge in [-0.1, -0.05) is 37.2 Å². The molecule has 2 aliphatic rings. The minimum absolute atomic E-state index is 0.0478. The van der Waals surface area contributed by atoms with Crippen molar-refractivity contribution >= 4 is 12.0 Å². The van der Waals surface area contributed by atoms with Crippen LogP contribution in [0, 0.1) is 0 Å². The Morgan fingerprint density at radius 3 is 2.96 bits per heavy atom. The lowest BCUT2D eigenvalue weighted by Gasteiger charge is -2.22.